The summed E-state index contributed by atoms with van der Waals surface area (Å²) in [5.41, 5.74) is 0.623. The van der Waals surface area contributed by atoms with Gasteiger partial charge in [0.05, 0.1) is 16.1 Å². The fraction of sp³-hybridized carbons (Fsp3) is 0.467. The first kappa shape index (κ1) is 15.5. The molecule has 0 saturated carbocycles. The number of nitrogens with one attached hydrogen (secondary N) is 1. The molecule has 0 spiro atoms. The average Bonchev–Trinajstić information content (AvgIpc) is 3.10. The highest BCUT2D eigenvalue weighted by atomic mass is 35.5. The van der Waals surface area contributed by atoms with Crippen LogP contribution in [0.15, 0.2) is 24.5 Å². The molecular weight excluding hydrogens is 320 g/mol. The van der Waals surface area contributed by atoms with Gasteiger partial charge in [0.15, 0.2) is 0 Å². The first-order valence-electron chi connectivity index (χ1n) is 7.36. The smallest absolute Gasteiger partial charge is 0.254 e. The van der Waals surface area contributed by atoms with Crippen molar-refractivity contribution in [1.29, 1.82) is 0 Å². The number of hydrogen-bond donors (Lipinski definition) is 1. The molecule has 5 nitrogen and oxygen atoms in total. The van der Waals surface area contributed by atoms with Gasteiger partial charge in [0.1, 0.15) is 0 Å². The van der Waals surface area contributed by atoms with Gasteiger partial charge in [-0.25, -0.2) is 0 Å². The first-order valence-corrected chi connectivity index (χ1v) is 8.55. The minimum absolute atomic E-state index is 0.0309. The number of piperidine rings is 1. The van der Waals surface area contributed by atoms with Gasteiger partial charge in [-0.15, -0.1) is 11.3 Å². The number of rotatable bonds is 4. The van der Waals surface area contributed by atoms with Crippen LogP contribution in [-0.2, 0) is 13.6 Å². The summed E-state index contributed by atoms with van der Waals surface area (Å²) >= 11 is 7.60. The van der Waals surface area contributed by atoms with E-state index in [0.717, 1.165) is 36.8 Å². The zero-order valence-corrected chi connectivity index (χ0v) is 14.0. The Morgan fingerprint density at radius 1 is 1.45 bits per heavy atom. The molecule has 1 saturated heterocycles. The van der Waals surface area contributed by atoms with Gasteiger partial charge in [-0.05, 0) is 25.0 Å². The predicted molar refractivity (Wildman–Crippen MR) is 88.3 cm³/mol. The van der Waals surface area contributed by atoms with E-state index in [-0.39, 0.29) is 11.9 Å². The van der Waals surface area contributed by atoms with E-state index in [1.807, 2.05) is 13.1 Å². The van der Waals surface area contributed by atoms with E-state index in [0.29, 0.717) is 5.56 Å². The van der Waals surface area contributed by atoms with Gasteiger partial charge >= 0.3 is 0 Å². The first-order chi connectivity index (χ1) is 10.6. The standard InChI is InChI=1S/C15H19ClN4OS/c1-19-9-11(8-17-19)15(21)18-12-4-6-20(7-5-12)10-13-2-3-14(16)22-13/h2-3,8-9,12H,4-7,10H2,1H3,(H,18,21). The third-order valence-electron chi connectivity index (χ3n) is 3.90. The normalized spacial score (nSPS) is 16.8. The van der Waals surface area contributed by atoms with Crippen LogP contribution in [0, 0.1) is 0 Å². The Hall–Kier alpha value is -1.37. The zero-order valence-electron chi connectivity index (χ0n) is 12.5. The molecule has 3 rings (SSSR count). The lowest BCUT2D eigenvalue weighted by Crippen LogP contribution is -2.44. The lowest BCUT2D eigenvalue weighted by atomic mass is 10.0. The molecule has 0 aromatic carbocycles. The third-order valence-corrected chi connectivity index (χ3v) is 5.11. The van der Waals surface area contributed by atoms with Gasteiger partial charge in [-0.1, -0.05) is 11.6 Å². The van der Waals surface area contributed by atoms with Crippen LogP contribution in [0.5, 0.6) is 0 Å². The SMILES string of the molecule is Cn1cc(C(=O)NC2CCN(Cc3ccc(Cl)s3)CC2)cn1. The molecule has 1 aliphatic rings. The number of halogens is 1. The number of aryl methyl sites for hydroxylation is 1. The van der Waals surface area contributed by atoms with E-state index < -0.39 is 0 Å². The molecular formula is C15H19ClN4OS. The van der Waals surface area contributed by atoms with Crippen LogP contribution in [0.3, 0.4) is 0 Å². The quantitative estimate of drug-likeness (QED) is 0.932. The van der Waals surface area contributed by atoms with Crippen molar-refractivity contribution in [3.05, 3.63) is 39.3 Å². The highest BCUT2D eigenvalue weighted by Crippen LogP contribution is 2.24. The molecule has 118 valence electrons. The molecule has 1 aliphatic heterocycles. The van der Waals surface area contributed by atoms with Crippen LogP contribution in [0.25, 0.3) is 0 Å². The Morgan fingerprint density at radius 3 is 2.82 bits per heavy atom. The molecule has 0 atom stereocenters. The van der Waals surface area contributed by atoms with Gasteiger partial charge in [-0.3, -0.25) is 14.4 Å². The molecule has 1 N–H and O–H groups in total. The summed E-state index contributed by atoms with van der Waals surface area (Å²) in [6, 6.07) is 4.28. The summed E-state index contributed by atoms with van der Waals surface area (Å²) in [5.74, 6) is -0.0309. The van der Waals surface area contributed by atoms with Crippen LogP contribution in [0.2, 0.25) is 4.34 Å². The largest absolute Gasteiger partial charge is 0.349 e. The molecule has 2 aromatic rings. The van der Waals surface area contributed by atoms with Crippen molar-refractivity contribution in [3.63, 3.8) is 0 Å². The predicted octanol–water partition coefficient (Wildman–Crippen LogP) is 2.53. The highest BCUT2D eigenvalue weighted by molar-refractivity contribution is 7.16. The monoisotopic (exact) mass is 338 g/mol. The molecule has 0 radical (unpaired) electrons. The second-order valence-corrected chi connectivity index (χ2v) is 7.43. The molecule has 2 aromatic heterocycles. The molecule has 1 fully saturated rings. The van der Waals surface area contributed by atoms with Crippen molar-refractivity contribution < 1.29 is 4.79 Å². The molecule has 1 amide bonds. The number of aromatic nitrogens is 2. The van der Waals surface area contributed by atoms with Gasteiger partial charge in [-0.2, -0.15) is 5.10 Å². The van der Waals surface area contributed by atoms with Crippen molar-refractivity contribution in [3.8, 4) is 0 Å². The van der Waals surface area contributed by atoms with Crippen molar-refractivity contribution in [2.75, 3.05) is 13.1 Å². The van der Waals surface area contributed by atoms with E-state index in [1.165, 1.54) is 4.88 Å². The molecule has 7 heteroatoms. The van der Waals surface area contributed by atoms with E-state index in [9.17, 15) is 4.79 Å². The highest BCUT2D eigenvalue weighted by Gasteiger charge is 2.21. The van der Waals surface area contributed by atoms with Crippen LogP contribution < -0.4 is 5.32 Å². The van der Waals surface area contributed by atoms with E-state index in [4.69, 9.17) is 11.6 Å². The third kappa shape index (κ3) is 3.88. The second kappa shape index (κ2) is 6.81. The maximum absolute atomic E-state index is 12.1. The van der Waals surface area contributed by atoms with Gasteiger partial charge in [0.2, 0.25) is 0 Å². The molecule has 0 aliphatic carbocycles. The minimum Gasteiger partial charge on any atom is -0.349 e. The summed E-state index contributed by atoms with van der Waals surface area (Å²) in [7, 11) is 1.81. The Balaban J connectivity index is 1.46. The minimum atomic E-state index is -0.0309. The van der Waals surface area contributed by atoms with Crippen molar-refractivity contribution in [2.24, 2.45) is 7.05 Å². The van der Waals surface area contributed by atoms with Crippen LogP contribution >= 0.6 is 22.9 Å². The molecule has 0 bridgehead atoms. The van der Waals surface area contributed by atoms with Crippen LogP contribution in [0.4, 0.5) is 0 Å². The van der Waals surface area contributed by atoms with Crippen LogP contribution in [0.1, 0.15) is 28.1 Å². The Morgan fingerprint density at radius 2 is 2.23 bits per heavy atom. The Bertz CT molecular complexity index is 646. The fourth-order valence-electron chi connectivity index (χ4n) is 2.70. The number of carbonyl (C=O) groups excluding carboxylic acids is 1. The Labute approximate surface area is 138 Å². The topological polar surface area (TPSA) is 50.2 Å². The number of likely N-dealkylation sites (tertiary alicyclic amines) is 1. The van der Waals surface area contributed by atoms with Crippen molar-refractivity contribution in [1.82, 2.24) is 20.0 Å². The maximum atomic E-state index is 12.1. The van der Waals surface area contributed by atoms with Gasteiger partial charge in [0, 0.05) is 43.8 Å². The van der Waals surface area contributed by atoms with Gasteiger partial charge < -0.3 is 5.32 Å². The second-order valence-electron chi connectivity index (χ2n) is 5.63. The number of carbonyl (C=O) groups is 1. The van der Waals surface area contributed by atoms with E-state index >= 15 is 0 Å². The number of nitrogens with zero attached hydrogens (tertiary/aromatic N) is 3. The fourth-order valence-corrected chi connectivity index (χ4v) is 3.83. The number of hydrogen-bond acceptors (Lipinski definition) is 4. The van der Waals surface area contributed by atoms with E-state index in [2.05, 4.69) is 21.4 Å². The summed E-state index contributed by atoms with van der Waals surface area (Å²) < 4.78 is 2.48. The lowest BCUT2D eigenvalue weighted by Gasteiger charge is -2.31. The summed E-state index contributed by atoms with van der Waals surface area (Å²) in [4.78, 5) is 15.8. The maximum Gasteiger partial charge on any atom is 0.254 e. The Kier molecular flexibility index (Phi) is 4.81. The van der Waals surface area contributed by atoms with Crippen molar-refractivity contribution >= 4 is 28.8 Å². The summed E-state index contributed by atoms with van der Waals surface area (Å²) in [5, 5.41) is 7.13. The molecule has 3 heterocycles. The summed E-state index contributed by atoms with van der Waals surface area (Å²) in [6.07, 6.45) is 5.30. The van der Waals surface area contributed by atoms with E-state index in [1.54, 1.807) is 28.4 Å². The average molecular weight is 339 g/mol. The van der Waals surface area contributed by atoms with Crippen molar-refractivity contribution in [2.45, 2.75) is 25.4 Å². The van der Waals surface area contributed by atoms with Crippen LogP contribution in [-0.4, -0.2) is 39.7 Å². The summed E-state index contributed by atoms with van der Waals surface area (Å²) in [6.45, 7) is 2.93. The lowest BCUT2D eigenvalue weighted by molar-refractivity contribution is 0.0909. The molecule has 0 unspecified atom stereocenters. The number of thiophene rings is 1. The number of amides is 1. The zero-order chi connectivity index (χ0) is 15.5. The van der Waals surface area contributed by atoms with Gasteiger partial charge in [0.25, 0.3) is 5.91 Å². The molecule has 22 heavy (non-hydrogen) atoms.